The summed E-state index contributed by atoms with van der Waals surface area (Å²) in [6.07, 6.45) is 0. The van der Waals surface area contributed by atoms with E-state index in [1.165, 1.54) is 18.5 Å². The Morgan fingerprint density at radius 1 is 0.962 bits per heavy atom. The lowest BCUT2D eigenvalue weighted by molar-refractivity contribution is 0.349. The lowest BCUT2D eigenvalue weighted by Crippen LogP contribution is -2.48. The molecule has 0 atom stereocenters. The van der Waals surface area contributed by atoms with Crippen molar-refractivity contribution in [1.82, 2.24) is 14.3 Å². The molecule has 1 aromatic heterocycles. The van der Waals surface area contributed by atoms with Crippen molar-refractivity contribution in [3.05, 3.63) is 35.9 Å². The highest BCUT2D eigenvalue weighted by atomic mass is 32.2. The standard InChI is InChI=1S/C17H22N4O4S/c1-13-4-6-14(7-5-13)26(22,23)21-10-8-20(9-11-21)15-12-16(24-2)19-17(18-15)25-3/h4-7,12H,8-11H2,1-3H3. The number of nitrogens with zero attached hydrogens (tertiary/aromatic N) is 4. The monoisotopic (exact) mass is 378 g/mol. The molecule has 0 N–H and O–H groups in total. The van der Waals surface area contributed by atoms with Crippen LogP contribution in [0.4, 0.5) is 5.82 Å². The average molecular weight is 378 g/mol. The maximum atomic E-state index is 12.8. The summed E-state index contributed by atoms with van der Waals surface area (Å²) in [5.41, 5.74) is 1.03. The largest absolute Gasteiger partial charge is 0.481 e. The minimum Gasteiger partial charge on any atom is -0.481 e. The summed E-state index contributed by atoms with van der Waals surface area (Å²) < 4.78 is 37.3. The molecule has 1 aliphatic heterocycles. The summed E-state index contributed by atoms with van der Waals surface area (Å²) in [4.78, 5) is 10.7. The first-order valence-corrected chi connectivity index (χ1v) is 9.67. The summed E-state index contributed by atoms with van der Waals surface area (Å²) in [5, 5.41) is 0. The Morgan fingerprint density at radius 3 is 2.19 bits per heavy atom. The van der Waals surface area contributed by atoms with E-state index in [9.17, 15) is 8.42 Å². The number of hydrogen-bond donors (Lipinski definition) is 0. The molecule has 0 spiro atoms. The molecule has 0 aliphatic carbocycles. The van der Waals surface area contributed by atoms with Crippen molar-refractivity contribution in [1.29, 1.82) is 0 Å². The van der Waals surface area contributed by atoms with Crippen LogP contribution in [0.1, 0.15) is 5.56 Å². The number of aromatic nitrogens is 2. The summed E-state index contributed by atoms with van der Waals surface area (Å²) in [6, 6.07) is 8.85. The van der Waals surface area contributed by atoms with E-state index >= 15 is 0 Å². The SMILES string of the molecule is COc1cc(N2CCN(S(=O)(=O)c3ccc(C)cc3)CC2)nc(OC)n1. The molecular formula is C17H22N4O4S. The molecule has 1 aromatic carbocycles. The fourth-order valence-electron chi connectivity index (χ4n) is 2.77. The predicted octanol–water partition coefficient (Wildman–Crippen LogP) is 1.31. The molecule has 26 heavy (non-hydrogen) atoms. The molecule has 1 aliphatic rings. The minimum atomic E-state index is -3.49. The molecule has 0 unspecified atom stereocenters. The highest BCUT2D eigenvalue weighted by Crippen LogP contribution is 2.24. The maximum Gasteiger partial charge on any atom is 0.321 e. The van der Waals surface area contributed by atoms with Crippen molar-refractivity contribution < 1.29 is 17.9 Å². The Bertz CT molecular complexity index is 841. The fraction of sp³-hybridized carbons (Fsp3) is 0.412. The van der Waals surface area contributed by atoms with Gasteiger partial charge in [0.25, 0.3) is 0 Å². The molecule has 1 saturated heterocycles. The molecule has 0 radical (unpaired) electrons. The van der Waals surface area contributed by atoms with Gasteiger partial charge in [0.2, 0.25) is 15.9 Å². The normalized spacial score (nSPS) is 15.7. The molecule has 0 saturated carbocycles. The molecule has 2 aromatic rings. The van der Waals surface area contributed by atoms with Gasteiger partial charge in [-0.2, -0.15) is 14.3 Å². The Hall–Kier alpha value is -2.39. The summed E-state index contributed by atoms with van der Waals surface area (Å²) >= 11 is 0. The smallest absolute Gasteiger partial charge is 0.321 e. The van der Waals surface area contributed by atoms with Crippen LogP contribution in [-0.2, 0) is 10.0 Å². The second kappa shape index (κ2) is 7.46. The zero-order valence-corrected chi connectivity index (χ0v) is 15.9. The number of ether oxygens (including phenoxy) is 2. The maximum absolute atomic E-state index is 12.8. The summed E-state index contributed by atoms with van der Waals surface area (Å²) in [5.74, 6) is 1.06. The first kappa shape index (κ1) is 18.4. The lowest BCUT2D eigenvalue weighted by atomic mass is 10.2. The number of benzene rings is 1. The van der Waals surface area contributed by atoms with E-state index in [0.717, 1.165) is 5.56 Å². The predicted molar refractivity (Wildman–Crippen MR) is 97.3 cm³/mol. The third-order valence-corrected chi connectivity index (χ3v) is 6.19. The zero-order chi connectivity index (χ0) is 18.7. The van der Waals surface area contributed by atoms with Gasteiger partial charge in [-0.1, -0.05) is 17.7 Å². The van der Waals surface area contributed by atoms with Crippen LogP contribution in [-0.4, -0.2) is 63.1 Å². The van der Waals surface area contributed by atoms with Crippen LogP contribution in [0.25, 0.3) is 0 Å². The highest BCUT2D eigenvalue weighted by Gasteiger charge is 2.29. The zero-order valence-electron chi connectivity index (χ0n) is 15.0. The van der Waals surface area contributed by atoms with Crippen molar-refractivity contribution in [2.24, 2.45) is 0 Å². The average Bonchev–Trinajstić information content (AvgIpc) is 2.68. The van der Waals surface area contributed by atoms with Crippen LogP contribution in [0.15, 0.2) is 35.2 Å². The third kappa shape index (κ3) is 3.73. The van der Waals surface area contributed by atoms with Gasteiger partial charge in [-0.05, 0) is 19.1 Å². The summed E-state index contributed by atoms with van der Waals surface area (Å²) in [6.45, 7) is 3.73. The first-order valence-electron chi connectivity index (χ1n) is 8.23. The van der Waals surface area contributed by atoms with Crippen LogP contribution in [0.2, 0.25) is 0 Å². The van der Waals surface area contributed by atoms with Gasteiger partial charge in [-0.3, -0.25) is 0 Å². The Kier molecular flexibility index (Phi) is 5.28. The van der Waals surface area contributed by atoms with E-state index in [1.54, 1.807) is 18.2 Å². The number of sulfonamides is 1. The second-order valence-corrected chi connectivity index (χ2v) is 7.90. The van der Waals surface area contributed by atoms with Crippen LogP contribution in [0, 0.1) is 6.92 Å². The van der Waals surface area contributed by atoms with Crippen LogP contribution < -0.4 is 14.4 Å². The van der Waals surface area contributed by atoms with Crippen molar-refractivity contribution in [2.75, 3.05) is 45.3 Å². The molecule has 8 nitrogen and oxygen atoms in total. The second-order valence-electron chi connectivity index (χ2n) is 5.96. The Labute approximate surface area is 153 Å². The topological polar surface area (TPSA) is 84.9 Å². The molecule has 0 amide bonds. The molecule has 140 valence electrons. The molecule has 3 rings (SSSR count). The number of rotatable bonds is 5. The third-order valence-electron chi connectivity index (χ3n) is 4.28. The molecule has 2 heterocycles. The van der Waals surface area contributed by atoms with Gasteiger partial charge >= 0.3 is 6.01 Å². The fourth-order valence-corrected chi connectivity index (χ4v) is 4.19. The van der Waals surface area contributed by atoms with E-state index in [2.05, 4.69) is 9.97 Å². The van der Waals surface area contributed by atoms with E-state index in [4.69, 9.17) is 9.47 Å². The number of anilines is 1. The van der Waals surface area contributed by atoms with Crippen molar-refractivity contribution in [3.63, 3.8) is 0 Å². The van der Waals surface area contributed by atoms with Gasteiger partial charge in [0, 0.05) is 32.2 Å². The number of methoxy groups -OCH3 is 2. The van der Waals surface area contributed by atoms with Gasteiger partial charge in [-0.25, -0.2) is 8.42 Å². The number of hydrogen-bond acceptors (Lipinski definition) is 7. The van der Waals surface area contributed by atoms with E-state index in [0.29, 0.717) is 42.8 Å². The van der Waals surface area contributed by atoms with E-state index in [-0.39, 0.29) is 6.01 Å². The molecule has 9 heteroatoms. The van der Waals surface area contributed by atoms with Crippen molar-refractivity contribution in [2.45, 2.75) is 11.8 Å². The van der Waals surface area contributed by atoms with Gasteiger partial charge in [-0.15, -0.1) is 0 Å². The van der Waals surface area contributed by atoms with Gasteiger partial charge < -0.3 is 14.4 Å². The van der Waals surface area contributed by atoms with Crippen LogP contribution >= 0.6 is 0 Å². The molecule has 0 bridgehead atoms. The summed E-state index contributed by atoms with van der Waals surface area (Å²) in [7, 11) is -0.469. The molecule has 1 fully saturated rings. The van der Waals surface area contributed by atoms with E-state index < -0.39 is 10.0 Å². The molecular weight excluding hydrogens is 356 g/mol. The highest BCUT2D eigenvalue weighted by molar-refractivity contribution is 7.89. The Morgan fingerprint density at radius 2 is 1.62 bits per heavy atom. The van der Waals surface area contributed by atoms with Crippen molar-refractivity contribution in [3.8, 4) is 11.9 Å². The van der Waals surface area contributed by atoms with Gasteiger partial charge in [0.15, 0.2) is 0 Å². The van der Waals surface area contributed by atoms with Crippen LogP contribution in [0.3, 0.4) is 0 Å². The van der Waals surface area contributed by atoms with Gasteiger partial charge in [0.1, 0.15) is 5.82 Å². The van der Waals surface area contributed by atoms with Crippen molar-refractivity contribution >= 4 is 15.8 Å². The Balaban J connectivity index is 1.74. The van der Waals surface area contributed by atoms with Gasteiger partial charge in [0.05, 0.1) is 19.1 Å². The van der Waals surface area contributed by atoms with Crippen LogP contribution in [0.5, 0.6) is 11.9 Å². The quantitative estimate of drug-likeness (QED) is 0.775. The number of piperazine rings is 1. The van der Waals surface area contributed by atoms with E-state index in [1.807, 2.05) is 24.0 Å². The first-order chi connectivity index (χ1) is 12.4. The minimum absolute atomic E-state index is 0.217. The number of aryl methyl sites for hydroxylation is 1. The lowest BCUT2D eigenvalue weighted by Gasteiger charge is -2.34.